The summed E-state index contributed by atoms with van der Waals surface area (Å²) in [6.07, 6.45) is 5.82. The normalized spacial score (nSPS) is 38.0. The predicted molar refractivity (Wildman–Crippen MR) is 148 cm³/mol. The zero-order chi connectivity index (χ0) is 28.2. The molecule has 2 bridgehead atoms. The minimum Gasteiger partial charge on any atom is -0.460 e. The van der Waals surface area contributed by atoms with Crippen LogP contribution in [0, 0.1) is 34.0 Å². The van der Waals surface area contributed by atoms with Crippen molar-refractivity contribution in [2.45, 2.75) is 85.1 Å². The van der Waals surface area contributed by atoms with E-state index in [1.54, 1.807) is 6.20 Å². The van der Waals surface area contributed by atoms with Gasteiger partial charge in [0, 0.05) is 35.3 Å². The van der Waals surface area contributed by atoms with Gasteiger partial charge in [-0.2, -0.15) is 0 Å². The molecule has 5 rings (SSSR count). The third kappa shape index (κ3) is 4.27. The van der Waals surface area contributed by atoms with E-state index in [0.29, 0.717) is 25.1 Å². The molecule has 8 atom stereocenters. The summed E-state index contributed by atoms with van der Waals surface area (Å²) < 4.78 is 7.81. The van der Waals surface area contributed by atoms with Crippen LogP contribution in [0.25, 0.3) is 11.3 Å². The van der Waals surface area contributed by atoms with Gasteiger partial charge in [-0.15, -0.1) is 11.7 Å². The van der Waals surface area contributed by atoms with Gasteiger partial charge in [-0.1, -0.05) is 63.2 Å². The number of ketones is 1. The Bertz CT molecular complexity index is 1270. The van der Waals surface area contributed by atoms with Gasteiger partial charge in [0.25, 0.3) is 0 Å². The number of hydrogen-bond donors (Lipinski definition) is 2. The third-order valence-electron chi connectivity index (χ3n) is 10.9. The van der Waals surface area contributed by atoms with Gasteiger partial charge in [0.1, 0.15) is 24.1 Å². The van der Waals surface area contributed by atoms with E-state index in [-0.39, 0.29) is 35.5 Å². The van der Waals surface area contributed by atoms with Crippen LogP contribution in [-0.4, -0.2) is 44.1 Å². The van der Waals surface area contributed by atoms with Gasteiger partial charge in [0.05, 0.1) is 12.3 Å². The minimum atomic E-state index is -0.692. The lowest BCUT2D eigenvalue weighted by molar-refractivity contribution is -0.207. The second-order valence-corrected chi connectivity index (χ2v) is 12.7. The van der Waals surface area contributed by atoms with Gasteiger partial charge in [0.2, 0.25) is 0 Å². The molecule has 1 aromatic heterocycles. The lowest BCUT2D eigenvalue weighted by atomic mass is 9.44. The van der Waals surface area contributed by atoms with Crippen molar-refractivity contribution < 1.29 is 19.4 Å². The molecule has 3 aliphatic carbocycles. The summed E-state index contributed by atoms with van der Waals surface area (Å²) in [5.41, 5.74) is 6.83. The number of aliphatic hydroxyl groups is 1. The average Bonchev–Trinajstić information content (AvgIpc) is 3.54. The number of carbonyl (C=O) groups excluding carboxylic acids is 2. The summed E-state index contributed by atoms with van der Waals surface area (Å²) >= 11 is 0. The maximum Gasteiger partial charge on any atom is 0.328 e. The van der Waals surface area contributed by atoms with Crippen molar-refractivity contribution in [2.24, 2.45) is 39.7 Å². The molecule has 3 aliphatic rings. The largest absolute Gasteiger partial charge is 0.460 e. The van der Waals surface area contributed by atoms with Gasteiger partial charge in [-0.05, 0) is 48.5 Å². The highest BCUT2D eigenvalue weighted by Crippen LogP contribution is 2.68. The number of carbonyl (C=O) groups is 2. The molecule has 210 valence electrons. The maximum atomic E-state index is 13.6. The monoisotopic (exact) mass is 534 g/mol. The Kier molecular flexibility index (Phi) is 7.08. The van der Waals surface area contributed by atoms with Crippen molar-refractivity contribution in [3.05, 3.63) is 48.7 Å². The highest BCUT2D eigenvalue weighted by atomic mass is 16.5. The van der Waals surface area contributed by atoms with E-state index in [4.69, 9.17) is 10.5 Å². The number of rotatable bonds is 6. The fraction of sp³-hybridized carbons (Fsp3) is 0.613. The van der Waals surface area contributed by atoms with Crippen LogP contribution in [0.5, 0.6) is 0 Å². The molecular formula is C31H42N4O4. The van der Waals surface area contributed by atoms with Gasteiger partial charge in [-0.3, -0.25) is 9.59 Å². The standard InChI is InChI=1S/C31H42N4O4/c1-6-29(4)15-25(30(5)19(2)11-13-31(20(3)28(29)38)14-12-24(36)27(30)31)39-26(37)18-35-17-23(33-34-35)22-10-8-7-9-21(22)16-32/h6-10,17,19-20,25,27-28,38H,1,11-16,18,32H2,2-5H3/t19-,20+,25-,27+,28+,29-,30+,31+/m1/s1. The van der Waals surface area contributed by atoms with Crippen LogP contribution < -0.4 is 5.73 Å². The van der Waals surface area contributed by atoms with E-state index in [9.17, 15) is 14.7 Å². The molecule has 0 radical (unpaired) electrons. The molecular weight excluding hydrogens is 492 g/mol. The van der Waals surface area contributed by atoms with Gasteiger partial charge in [0.15, 0.2) is 0 Å². The van der Waals surface area contributed by atoms with E-state index in [2.05, 4.69) is 37.7 Å². The Hall–Kier alpha value is -2.84. The zero-order valence-electron chi connectivity index (χ0n) is 23.6. The van der Waals surface area contributed by atoms with Crippen molar-refractivity contribution in [1.29, 1.82) is 0 Å². The molecule has 0 unspecified atom stereocenters. The van der Waals surface area contributed by atoms with E-state index >= 15 is 0 Å². The molecule has 0 spiro atoms. The maximum absolute atomic E-state index is 13.6. The van der Waals surface area contributed by atoms with Crippen LogP contribution >= 0.6 is 0 Å². The summed E-state index contributed by atoms with van der Waals surface area (Å²) in [5, 5.41) is 20.1. The number of benzene rings is 1. The molecule has 3 saturated carbocycles. The lowest BCUT2D eigenvalue weighted by Gasteiger charge is -2.61. The summed E-state index contributed by atoms with van der Waals surface area (Å²) in [6.45, 7) is 12.8. The van der Waals surface area contributed by atoms with E-state index in [1.807, 2.05) is 37.3 Å². The summed E-state index contributed by atoms with van der Waals surface area (Å²) in [7, 11) is 0. The molecule has 3 fully saturated rings. The number of nitrogens with two attached hydrogens (primary N) is 1. The SMILES string of the molecule is C=C[C@]1(C)C[C@@H](OC(=O)Cn2cc(-c3ccccc3CN)nn2)[C@]2(C)[C@H](C)CC[C@]3(CCC(=O)[C@H]32)[C@@H](C)[C@@H]1O. The van der Waals surface area contributed by atoms with Crippen molar-refractivity contribution >= 4 is 11.8 Å². The first-order valence-corrected chi connectivity index (χ1v) is 14.2. The number of Topliss-reactive ketones (excluding diaryl/α,β-unsaturated/α-hetero) is 1. The van der Waals surface area contributed by atoms with Crippen molar-refractivity contribution in [2.75, 3.05) is 0 Å². The van der Waals surface area contributed by atoms with Gasteiger partial charge < -0.3 is 15.6 Å². The summed E-state index contributed by atoms with van der Waals surface area (Å²) in [5.74, 6) is -0.335. The van der Waals surface area contributed by atoms with Crippen molar-refractivity contribution in [3.63, 3.8) is 0 Å². The summed E-state index contributed by atoms with van der Waals surface area (Å²) in [6, 6.07) is 7.72. The highest BCUT2D eigenvalue weighted by Gasteiger charge is 2.68. The summed E-state index contributed by atoms with van der Waals surface area (Å²) in [4.78, 5) is 27.0. The number of esters is 1. The molecule has 1 heterocycles. The Morgan fingerprint density at radius 1 is 1.28 bits per heavy atom. The number of hydrogen-bond acceptors (Lipinski definition) is 7. The molecule has 8 nitrogen and oxygen atoms in total. The van der Waals surface area contributed by atoms with E-state index in [0.717, 1.165) is 30.4 Å². The quantitative estimate of drug-likeness (QED) is 0.418. The smallest absolute Gasteiger partial charge is 0.328 e. The van der Waals surface area contributed by atoms with Crippen LogP contribution in [0.1, 0.15) is 65.4 Å². The van der Waals surface area contributed by atoms with Crippen LogP contribution in [0.15, 0.2) is 43.1 Å². The Balaban J connectivity index is 1.46. The minimum absolute atomic E-state index is 0.0644. The second-order valence-electron chi connectivity index (χ2n) is 12.7. The first kappa shape index (κ1) is 27.7. The first-order valence-electron chi connectivity index (χ1n) is 14.2. The molecule has 3 N–H and O–H groups in total. The number of nitrogens with zero attached hydrogens (tertiary/aromatic N) is 3. The lowest BCUT2D eigenvalue weighted by Crippen LogP contribution is -2.63. The molecule has 1 aromatic carbocycles. The molecule has 8 heteroatoms. The van der Waals surface area contributed by atoms with E-state index in [1.165, 1.54) is 4.68 Å². The molecule has 0 saturated heterocycles. The second kappa shape index (κ2) is 9.97. The first-order chi connectivity index (χ1) is 18.5. The molecule has 39 heavy (non-hydrogen) atoms. The highest BCUT2D eigenvalue weighted by molar-refractivity contribution is 5.85. The average molecular weight is 535 g/mol. The predicted octanol–water partition coefficient (Wildman–Crippen LogP) is 4.31. The molecule has 2 aromatic rings. The van der Waals surface area contributed by atoms with Crippen molar-refractivity contribution in [3.8, 4) is 11.3 Å². The molecule has 0 amide bonds. The van der Waals surface area contributed by atoms with Crippen molar-refractivity contribution in [1.82, 2.24) is 15.0 Å². The van der Waals surface area contributed by atoms with Gasteiger partial charge >= 0.3 is 5.97 Å². The van der Waals surface area contributed by atoms with Crippen LogP contribution in [-0.2, 0) is 27.4 Å². The number of aromatic nitrogens is 3. The zero-order valence-corrected chi connectivity index (χ0v) is 23.6. The number of aliphatic hydroxyl groups excluding tert-OH is 1. The van der Waals surface area contributed by atoms with Crippen LogP contribution in [0.4, 0.5) is 0 Å². The van der Waals surface area contributed by atoms with Crippen LogP contribution in [0.2, 0.25) is 0 Å². The van der Waals surface area contributed by atoms with Gasteiger partial charge in [-0.25, -0.2) is 4.68 Å². The molecule has 0 aliphatic heterocycles. The third-order valence-corrected chi connectivity index (χ3v) is 10.9. The Labute approximate surface area is 231 Å². The fourth-order valence-electron chi connectivity index (χ4n) is 8.28. The van der Waals surface area contributed by atoms with Crippen LogP contribution in [0.3, 0.4) is 0 Å². The fourth-order valence-corrected chi connectivity index (χ4v) is 8.28. The topological polar surface area (TPSA) is 120 Å². The number of ether oxygens (including phenoxy) is 1. The Morgan fingerprint density at radius 2 is 2.03 bits per heavy atom. The van der Waals surface area contributed by atoms with E-state index < -0.39 is 29.0 Å². The Morgan fingerprint density at radius 3 is 2.74 bits per heavy atom.